The van der Waals surface area contributed by atoms with Crippen LogP contribution in [0.15, 0.2) is 64.9 Å². The van der Waals surface area contributed by atoms with Gasteiger partial charge in [-0.2, -0.15) is 4.31 Å². The van der Waals surface area contributed by atoms with Crippen LogP contribution in [0, 0.1) is 6.92 Å². The van der Waals surface area contributed by atoms with Crippen LogP contribution in [0.3, 0.4) is 0 Å². The molecular weight excluding hydrogens is 478 g/mol. The van der Waals surface area contributed by atoms with E-state index < -0.39 is 16.1 Å². The summed E-state index contributed by atoms with van der Waals surface area (Å²) in [6.07, 6.45) is 2.13. The number of hydrogen-bond acceptors (Lipinski definition) is 5. The van der Waals surface area contributed by atoms with E-state index in [-0.39, 0.29) is 9.99 Å². The van der Waals surface area contributed by atoms with Crippen molar-refractivity contribution in [2.24, 2.45) is 0 Å². The first kappa shape index (κ1) is 24.0. The Morgan fingerprint density at radius 3 is 2.52 bits per heavy atom. The Morgan fingerprint density at radius 2 is 1.82 bits per heavy atom. The number of Topliss-reactive ketones (excluding diaryl/α,β-unsaturated/α-hetero) is 1. The van der Waals surface area contributed by atoms with Gasteiger partial charge in [-0.1, -0.05) is 54.1 Å². The first-order valence-corrected chi connectivity index (χ1v) is 13.5. The van der Waals surface area contributed by atoms with Gasteiger partial charge in [0.05, 0.1) is 10.4 Å². The fourth-order valence-electron chi connectivity index (χ4n) is 4.02. The van der Waals surface area contributed by atoms with E-state index in [2.05, 4.69) is 0 Å². The lowest BCUT2D eigenvalue weighted by Crippen LogP contribution is -2.40. The number of benzene rings is 2. The molecule has 2 aromatic carbocycles. The second-order valence-corrected chi connectivity index (χ2v) is 12.0. The second-order valence-electron chi connectivity index (χ2n) is 8.17. The minimum Gasteiger partial charge on any atom is -0.489 e. The molecule has 3 aromatic rings. The van der Waals surface area contributed by atoms with Crippen molar-refractivity contribution in [2.45, 2.75) is 49.5 Å². The average Bonchev–Trinajstić information content (AvgIpc) is 3.48. The van der Waals surface area contributed by atoms with Gasteiger partial charge in [0.25, 0.3) is 10.0 Å². The summed E-state index contributed by atoms with van der Waals surface area (Å²) < 4.78 is 33.8. The maximum atomic E-state index is 13.0. The van der Waals surface area contributed by atoms with Crippen molar-refractivity contribution >= 4 is 38.7 Å². The zero-order valence-corrected chi connectivity index (χ0v) is 20.8. The summed E-state index contributed by atoms with van der Waals surface area (Å²) in [6.45, 7) is 2.86. The maximum Gasteiger partial charge on any atom is 0.253 e. The molecule has 174 valence electrons. The minimum atomic E-state index is -3.70. The minimum absolute atomic E-state index is 0.0364. The van der Waals surface area contributed by atoms with Crippen LogP contribution in [0.25, 0.3) is 0 Å². The number of rotatable bonds is 9. The Bertz CT molecular complexity index is 1220. The maximum absolute atomic E-state index is 13.0. The van der Waals surface area contributed by atoms with E-state index >= 15 is 0 Å². The van der Waals surface area contributed by atoms with Crippen molar-refractivity contribution in [3.05, 3.63) is 81.7 Å². The lowest BCUT2D eigenvalue weighted by Gasteiger charge is -2.22. The molecule has 0 bridgehead atoms. The van der Waals surface area contributed by atoms with Crippen molar-refractivity contribution in [3.8, 4) is 5.75 Å². The van der Waals surface area contributed by atoms with Crippen molar-refractivity contribution < 1.29 is 17.9 Å². The van der Waals surface area contributed by atoms with Crippen LogP contribution in [0.1, 0.15) is 36.0 Å². The quantitative estimate of drug-likeness (QED) is 0.379. The highest BCUT2D eigenvalue weighted by Gasteiger charge is 2.39. The molecule has 33 heavy (non-hydrogen) atoms. The summed E-state index contributed by atoms with van der Waals surface area (Å²) in [5, 5.41) is 0. The number of halogens is 1. The third-order valence-electron chi connectivity index (χ3n) is 5.86. The van der Waals surface area contributed by atoms with E-state index in [1.807, 2.05) is 55.5 Å². The molecule has 8 heteroatoms. The van der Waals surface area contributed by atoms with Gasteiger partial charge in [0, 0.05) is 13.0 Å². The van der Waals surface area contributed by atoms with Crippen LogP contribution < -0.4 is 4.74 Å². The molecule has 1 atom stereocenters. The number of carbonyl (C=O) groups excluding carboxylic acids is 1. The molecule has 0 aliphatic carbocycles. The first-order chi connectivity index (χ1) is 15.8. The molecule has 0 unspecified atom stereocenters. The zero-order valence-electron chi connectivity index (χ0n) is 18.4. The van der Waals surface area contributed by atoms with Gasteiger partial charge in [-0.3, -0.25) is 4.79 Å². The van der Waals surface area contributed by atoms with Crippen LogP contribution in [-0.2, 0) is 27.8 Å². The van der Waals surface area contributed by atoms with Gasteiger partial charge >= 0.3 is 0 Å². The van der Waals surface area contributed by atoms with Gasteiger partial charge in [-0.15, -0.1) is 11.3 Å². The number of thiophene rings is 1. The van der Waals surface area contributed by atoms with Crippen molar-refractivity contribution in [1.29, 1.82) is 0 Å². The Balaban J connectivity index is 1.33. The van der Waals surface area contributed by atoms with E-state index in [0.29, 0.717) is 43.2 Å². The molecule has 1 aliphatic heterocycles. The van der Waals surface area contributed by atoms with Crippen LogP contribution in [0.2, 0.25) is 4.34 Å². The van der Waals surface area contributed by atoms with Gasteiger partial charge in [0.15, 0.2) is 5.78 Å². The molecule has 0 saturated carbocycles. The van der Waals surface area contributed by atoms with Gasteiger partial charge in [-0.25, -0.2) is 8.42 Å². The number of aryl methyl sites for hydroxylation is 2. The third kappa shape index (κ3) is 5.66. The summed E-state index contributed by atoms with van der Waals surface area (Å²) in [5.74, 6) is 0.832. The van der Waals surface area contributed by atoms with Crippen molar-refractivity contribution in [3.63, 3.8) is 0 Å². The molecule has 5 nitrogen and oxygen atoms in total. The second kappa shape index (κ2) is 10.4. The van der Waals surface area contributed by atoms with Gasteiger partial charge < -0.3 is 4.74 Å². The van der Waals surface area contributed by atoms with Crippen LogP contribution in [0.4, 0.5) is 0 Å². The highest BCUT2D eigenvalue weighted by Crippen LogP contribution is 2.32. The molecule has 1 saturated heterocycles. The molecule has 0 spiro atoms. The predicted molar refractivity (Wildman–Crippen MR) is 132 cm³/mol. The van der Waals surface area contributed by atoms with E-state index in [9.17, 15) is 13.2 Å². The van der Waals surface area contributed by atoms with Gasteiger partial charge in [0.1, 0.15) is 16.6 Å². The molecule has 4 rings (SSSR count). The molecule has 1 aromatic heterocycles. The Hall–Kier alpha value is -2.19. The number of sulfonamides is 1. The molecular formula is C25H26ClNO4S2. The highest BCUT2D eigenvalue weighted by atomic mass is 35.5. The highest BCUT2D eigenvalue weighted by molar-refractivity contribution is 7.91. The van der Waals surface area contributed by atoms with Crippen molar-refractivity contribution in [1.82, 2.24) is 4.31 Å². The van der Waals surface area contributed by atoms with E-state index in [1.54, 1.807) is 6.07 Å². The Labute approximate surface area is 204 Å². The van der Waals surface area contributed by atoms with Gasteiger partial charge in [-0.05, 0) is 61.1 Å². The summed E-state index contributed by atoms with van der Waals surface area (Å²) in [4.78, 5) is 12.9. The number of para-hydroxylation sites is 1. The molecule has 0 radical (unpaired) electrons. The standard InChI is InChI=1S/C25H26ClNO4S2/c1-18-5-2-3-7-23(18)31-17-20-10-8-19(9-11-20)12-13-22(28)21-6-4-16-27(21)33(29,30)25-15-14-24(26)32-25/h2-3,5,7-11,14-15,21H,4,6,12-13,16-17H2,1H3/t21-/m0/s1. The normalized spacial score (nSPS) is 16.7. The van der Waals surface area contributed by atoms with E-state index in [0.717, 1.165) is 33.8 Å². The Morgan fingerprint density at radius 1 is 1.09 bits per heavy atom. The molecule has 1 fully saturated rings. The number of hydrogen-bond donors (Lipinski definition) is 0. The first-order valence-electron chi connectivity index (χ1n) is 10.9. The SMILES string of the molecule is Cc1ccccc1OCc1ccc(CCC(=O)[C@@H]2CCCN2S(=O)(=O)c2ccc(Cl)s2)cc1. The molecule has 2 heterocycles. The van der Waals surface area contributed by atoms with Crippen LogP contribution in [-0.4, -0.2) is 31.1 Å². The van der Waals surface area contributed by atoms with Crippen LogP contribution >= 0.6 is 22.9 Å². The lowest BCUT2D eigenvalue weighted by molar-refractivity contribution is -0.122. The number of ether oxygens (including phenoxy) is 1. The average molecular weight is 504 g/mol. The fourth-order valence-corrected chi connectivity index (χ4v) is 7.31. The summed E-state index contributed by atoms with van der Waals surface area (Å²) in [6, 6.07) is 18.4. The lowest BCUT2D eigenvalue weighted by atomic mass is 10.0. The smallest absolute Gasteiger partial charge is 0.253 e. The fraction of sp³-hybridized carbons (Fsp3) is 0.320. The Kier molecular flexibility index (Phi) is 7.54. The monoisotopic (exact) mass is 503 g/mol. The summed E-state index contributed by atoms with van der Waals surface area (Å²) in [7, 11) is -3.70. The number of ketones is 1. The van der Waals surface area contributed by atoms with E-state index in [4.69, 9.17) is 16.3 Å². The zero-order chi connectivity index (χ0) is 23.4. The third-order valence-corrected chi connectivity index (χ3v) is 9.46. The predicted octanol–water partition coefficient (Wildman–Crippen LogP) is 5.64. The molecule has 0 N–H and O–H groups in total. The topological polar surface area (TPSA) is 63.7 Å². The van der Waals surface area contributed by atoms with Crippen LogP contribution in [0.5, 0.6) is 5.75 Å². The summed E-state index contributed by atoms with van der Waals surface area (Å²) in [5.41, 5.74) is 3.19. The molecule has 0 amide bonds. The number of carbonyl (C=O) groups is 1. The van der Waals surface area contributed by atoms with E-state index in [1.165, 1.54) is 10.4 Å². The molecule has 1 aliphatic rings. The van der Waals surface area contributed by atoms with Crippen molar-refractivity contribution in [2.75, 3.05) is 6.54 Å². The largest absolute Gasteiger partial charge is 0.489 e. The van der Waals surface area contributed by atoms with Gasteiger partial charge in [0.2, 0.25) is 0 Å². The number of nitrogens with zero attached hydrogens (tertiary/aromatic N) is 1. The summed E-state index contributed by atoms with van der Waals surface area (Å²) >= 11 is 6.94.